The standard InChI is InChI=1S/C17H13F3N4O4/c1-10(11-4-2-6-13(8-11)21-16(26)17(18,19)20)22-23-15(25)12-5-3-7-14(9-12)24(27)28/h2-9H,1H3,(H,21,26)(H,23,25)/b22-10+. The molecule has 2 amide bonds. The maximum atomic E-state index is 12.3. The number of hydrogen-bond donors (Lipinski definition) is 2. The van der Waals surface area contributed by atoms with Gasteiger partial charge in [0.25, 0.3) is 11.6 Å². The number of alkyl halides is 3. The van der Waals surface area contributed by atoms with E-state index in [4.69, 9.17) is 0 Å². The normalized spacial score (nSPS) is 11.6. The number of halogens is 3. The van der Waals surface area contributed by atoms with Crippen LogP contribution in [0.5, 0.6) is 0 Å². The molecular formula is C17H13F3N4O4. The fourth-order valence-corrected chi connectivity index (χ4v) is 2.05. The molecular weight excluding hydrogens is 381 g/mol. The Balaban J connectivity index is 2.12. The molecule has 0 aliphatic rings. The van der Waals surface area contributed by atoms with Gasteiger partial charge in [-0.3, -0.25) is 19.7 Å². The van der Waals surface area contributed by atoms with Crippen LogP contribution in [0.15, 0.2) is 53.6 Å². The van der Waals surface area contributed by atoms with E-state index in [9.17, 15) is 32.9 Å². The minimum atomic E-state index is -5.02. The van der Waals surface area contributed by atoms with E-state index in [2.05, 4.69) is 10.5 Å². The second kappa shape index (κ2) is 8.29. The van der Waals surface area contributed by atoms with Gasteiger partial charge in [-0.25, -0.2) is 5.43 Å². The summed E-state index contributed by atoms with van der Waals surface area (Å²) in [7, 11) is 0. The Kier molecular flexibility index (Phi) is 6.08. The highest BCUT2D eigenvalue weighted by molar-refractivity contribution is 6.02. The van der Waals surface area contributed by atoms with E-state index >= 15 is 0 Å². The van der Waals surface area contributed by atoms with Crippen molar-refractivity contribution in [3.8, 4) is 0 Å². The molecule has 0 radical (unpaired) electrons. The molecule has 0 unspecified atom stereocenters. The molecule has 0 spiro atoms. The number of rotatable bonds is 5. The Morgan fingerprint density at radius 2 is 1.71 bits per heavy atom. The zero-order valence-corrected chi connectivity index (χ0v) is 14.3. The molecule has 0 aliphatic heterocycles. The minimum absolute atomic E-state index is 0.0111. The Morgan fingerprint density at radius 3 is 2.36 bits per heavy atom. The number of nitro benzene ring substituents is 1. The van der Waals surface area contributed by atoms with Crippen LogP contribution >= 0.6 is 0 Å². The third kappa shape index (κ3) is 5.37. The number of carbonyl (C=O) groups excluding carboxylic acids is 2. The van der Waals surface area contributed by atoms with Gasteiger partial charge >= 0.3 is 12.1 Å². The summed E-state index contributed by atoms with van der Waals surface area (Å²) in [5, 5.41) is 16.3. The number of nitro groups is 1. The number of carbonyl (C=O) groups is 2. The van der Waals surface area contributed by atoms with Gasteiger partial charge in [0.15, 0.2) is 0 Å². The highest BCUT2D eigenvalue weighted by Gasteiger charge is 2.38. The molecule has 0 atom stereocenters. The van der Waals surface area contributed by atoms with E-state index in [1.807, 2.05) is 0 Å². The number of hydrogen-bond acceptors (Lipinski definition) is 5. The van der Waals surface area contributed by atoms with Crippen molar-refractivity contribution in [2.24, 2.45) is 5.10 Å². The van der Waals surface area contributed by atoms with E-state index in [0.717, 1.165) is 6.07 Å². The summed E-state index contributed by atoms with van der Waals surface area (Å²) < 4.78 is 37.0. The number of anilines is 1. The molecule has 0 aromatic heterocycles. The summed E-state index contributed by atoms with van der Waals surface area (Å²) in [4.78, 5) is 33.1. The maximum Gasteiger partial charge on any atom is 0.471 e. The molecule has 0 bridgehead atoms. The van der Waals surface area contributed by atoms with Gasteiger partial charge in [-0.15, -0.1) is 0 Å². The van der Waals surface area contributed by atoms with Gasteiger partial charge in [-0.1, -0.05) is 18.2 Å². The van der Waals surface area contributed by atoms with Gasteiger partial charge in [0.1, 0.15) is 0 Å². The van der Waals surface area contributed by atoms with Crippen LogP contribution in [-0.4, -0.2) is 28.6 Å². The maximum absolute atomic E-state index is 12.3. The monoisotopic (exact) mass is 394 g/mol. The first-order valence-corrected chi connectivity index (χ1v) is 7.65. The average molecular weight is 394 g/mol. The SMILES string of the molecule is C/C(=N\NC(=O)c1cccc([N+](=O)[O-])c1)c1cccc(NC(=O)C(F)(F)F)c1. The van der Waals surface area contributed by atoms with Gasteiger partial charge < -0.3 is 5.32 Å². The predicted molar refractivity (Wildman–Crippen MR) is 93.9 cm³/mol. The van der Waals surface area contributed by atoms with Crippen molar-refractivity contribution < 1.29 is 27.7 Å². The molecule has 11 heteroatoms. The molecule has 146 valence electrons. The summed E-state index contributed by atoms with van der Waals surface area (Å²) in [6.45, 7) is 1.48. The molecule has 8 nitrogen and oxygen atoms in total. The third-order valence-corrected chi connectivity index (χ3v) is 3.44. The first-order valence-electron chi connectivity index (χ1n) is 7.65. The lowest BCUT2D eigenvalue weighted by Crippen LogP contribution is -2.29. The van der Waals surface area contributed by atoms with E-state index in [1.54, 1.807) is 5.32 Å². The quantitative estimate of drug-likeness (QED) is 0.460. The molecule has 0 aliphatic carbocycles. The Bertz CT molecular complexity index is 957. The number of benzene rings is 2. The van der Waals surface area contributed by atoms with Crippen molar-refractivity contribution in [3.05, 3.63) is 69.8 Å². The van der Waals surface area contributed by atoms with Crippen LogP contribution in [0.1, 0.15) is 22.8 Å². The van der Waals surface area contributed by atoms with E-state index in [0.29, 0.717) is 5.56 Å². The number of non-ortho nitro benzene ring substituents is 1. The number of nitrogens with one attached hydrogen (secondary N) is 2. The molecule has 2 aromatic rings. The van der Waals surface area contributed by atoms with Crippen LogP contribution < -0.4 is 10.7 Å². The second-order valence-corrected chi connectivity index (χ2v) is 5.48. The van der Waals surface area contributed by atoms with E-state index in [-0.39, 0.29) is 22.6 Å². The van der Waals surface area contributed by atoms with Crippen molar-refractivity contribution in [1.29, 1.82) is 0 Å². The molecule has 2 rings (SSSR count). The van der Waals surface area contributed by atoms with Crippen LogP contribution in [0.3, 0.4) is 0 Å². The van der Waals surface area contributed by atoms with Crippen LogP contribution in [0.2, 0.25) is 0 Å². The van der Waals surface area contributed by atoms with Crippen molar-refractivity contribution in [2.45, 2.75) is 13.1 Å². The molecule has 0 fully saturated rings. The summed E-state index contributed by atoms with van der Waals surface area (Å²) in [6.07, 6.45) is -5.02. The zero-order valence-electron chi connectivity index (χ0n) is 14.3. The van der Waals surface area contributed by atoms with Crippen molar-refractivity contribution in [2.75, 3.05) is 5.32 Å². The van der Waals surface area contributed by atoms with Gasteiger partial charge in [-0.2, -0.15) is 18.3 Å². The molecule has 28 heavy (non-hydrogen) atoms. The van der Waals surface area contributed by atoms with Crippen LogP contribution in [0.4, 0.5) is 24.5 Å². The molecule has 0 heterocycles. The second-order valence-electron chi connectivity index (χ2n) is 5.48. The first-order chi connectivity index (χ1) is 13.1. The van der Waals surface area contributed by atoms with Crippen molar-refractivity contribution in [1.82, 2.24) is 5.43 Å². The smallest absolute Gasteiger partial charge is 0.318 e. The summed E-state index contributed by atoms with van der Waals surface area (Å²) in [5.41, 5.74) is 2.44. The first kappa shape index (κ1) is 20.6. The Morgan fingerprint density at radius 1 is 1.07 bits per heavy atom. The lowest BCUT2D eigenvalue weighted by atomic mass is 10.1. The molecule has 0 saturated carbocycles. The highest BCUT2D eigenvalue weighted by atomic mass is 19.4. The highest BCUT2D eigenvalue weighted by Crippen LogP contribution is 2.19. The van der Waals surface area contributed by atoms with Crippen LogP contribution in [0, 0.1) is 10.1 Å². The summed E-state index contributed by atoms with van der Waals surface area (Å²) in [5.74, 6) is -2.82. The number of nitrogens with zero attached hydrogens (tertiary/aromatic N) is 2. The largest absolute Gasteiger partial charge is 0.471 e. The fourth-order valence-electron chi connectivity index (χ4n) is 2.05. The third-order valence-electron chi connectivity index (χ3n) is 3.44. The fraction of sp³-hybridized carbons (Fsp3) is 0.118. The summed E-state index contributed by atoms with van der Waals surface area (Å²) in [6, 6.07) is 10.4. The van der Waals surface area contributed by atoms with Crippen LogP contribution in [-0.2, 0) is 4.79 Å². The Hall–Kier alpha value is -3.76. The zero-order chi connectivity index (χ0) is 20.9. The average Bonchev–Trinajstić information content (AvgIpc) is 2.65. The number of amides is 2. The molecule has 0 saturated heterocycles. The summed E-state index contributed by atoms with van der Waals surface area (Å²) >= 11 is 0. The Labute approximate surface area is 156 Å². The van der Waals surface area contributed by atoms with E-state index in [1.165, 1.54) is 49.4 Å². The molecule has 2 N–H and O–H groups in total. The minimum Gasteiger partial charge on any atom is -0.318 e. The van der Waals surface area contributed by atoms with Gasteiger partial charge in [0.2, 0.25) is 0 Å². The van der Waals surface area contributed by atoms with Crippen LogP contribution in [0.25, 0.3) is 0 Å². The lowest BCUT2D eigenvalue weighted by molar-refractivity contribution is -0.384. The molecule has 2 aromatic carbocycles. The van der Waals surface area contributed by atoms with Gasteiger partial charge in [0.05, 0.1) is 10.6 Å². The van der Waals surface area contributed by atoms with Gasteiger partial charge in [0, 0.05) is 23.4 Å². The topological polar surface area (TPSA) is 114 Å². The van der Waals surface area contributed by atoms with Gasteiger partial charge in [-0.05, 0) is 30.7 Å². The number of hydrazone groups is 1. The predicted octanol–water partition coefficient (Wildman–Crippen LogP) is 3.25. The lowest BCUT2D eigenvalue weighted by Gasteiger charge is -2.09. The van der Waals surface area contributed by atoms with Crippen molar-refractivity contribution >= 4 is 28.9 Å². The van der Waals surface area contributed by atoms with Crippen molar-refractivity contribution in [3.63, 3.8) is 0 Å². The van der Waals surface area contributed by atoms with E-state index < -0.39 is 22.9 Å².